The number of aryl methyl sites for hydroxylation is 1. The second kappa shape index (κ2) is 7.13. The fraction of sp³-hybridized carbons (Fsp3) is 0.0500. The van der Waals surface area contributed by atoms with E-state index in [0.717, 1.165) is 27.8 Å². The van der Waals surface area contributed by atoms with Crippen LogP contribution >= 0.6 is 11.3 Å². The first-order valence-electron chi connectivity index (χ1n) is 8.12. The molecule has 7 heteroatoms. The van der Waals surface area contributed by atoms with E-state index in [4.69, 9.17) is 4.42 Å². The molecule has 0 aliphatic carbocycles. The third-order valence-corrected chi connectivity index (χ3v) is 5.11. The minimum Gasteiger partial charge on any atom is -0.444 e. The Morgan fingerprint density at radius 2 is 2.04 bits per heavy atom. The first-order valence-corrected chi connectivity index (χ1v) is 8.94. The number of anilines is 1. The highest BCUT2D eigenvalue weighted by Crippen LogP contribution is 2.36. The van der Waals surface area contributed by atoms with E-state index in [-0.39, 0.29) is 5.56 Å². The van der Waals surface area contributed by atoms with Crippen LogP contribution in [0.2, 0.25) is 0 Å². The second-order valence-electron chi connectivity index (χ2n) is 5.87. The van der Waals surface area contributed by atoms with Gasteiger partial charge in [0.25, 0.3) is 5.91 Å². The molecule has 5 nitrogen and oxygen atoms in total. The van der Waals surface area contributed by atoms with Gasteiger partial charge in [-0.3, -0.25) is 9.78 Å². The third kappa shape index (κ3) is 3.50. The Labute approximate surface area is 158 Å². The van der Waals surface area contributed by atoms with Crippen LogP contribution in [0, 0.1) is 12.7 Å². The maximum atomic E-state index is 13.7. The normalized spacial score (nSPS) is 10.7. The van der Waals surface area contributed by atoms with Gasteiger partial charge in [0.15, 0.2) is 18.0 Å². The minimum atomic E-state index is -0.651. The van der Waals surface area contributed by atoms with Crippen LogP contribution in [-0.4, -0.2) is 15.9 Å². The largest absolute Gasteiger partial charge is 0.444 e. The molecule has 3 heterocycles. The molecule has 0 bridgehead atoms. The van der Waals surface area contributed by atoms with Crippen LogP contribution in [0.15, 0.2) is 65.8 Å². The summed E-state index contributed by atoms with van der Waals surface area (Å²) in [5, 5.41) is 3.37. The van der Waals surface area contributed by atoms with Crippen LogP contribution in [0.25, 0.3) is 21.8 Å². The van der Waals surface area contributed by atoms with Gasteiger partial charge in [-0.1, -0.05) is 12.1 Å². The van der Waals surface area contributed by atoms with Gasteiger partial charge in [-0.25, -0.2) is 9.37 Å². The highest BCUT2D eigenvalue weighted by molar-refractivity contribution is 7.19. The Hall–Kier alpha value is -3.32. The first-order chi connectivity index (χ1) is 13.1. The van der Waals surface area contributed by atoms with Crippen molar-refractivity contribution in [1.29, 1.82) is 0 Å². The van der Waals surface area contributed by atoms with Gasteiger partial charge < -0.3 is 9.73 Å². The van der Waals surface area contributed by atoms with E-state index in [1.165, 1.54) is 30.0 Å². The fourth-order valence-electron chi connectivity index (χ4n) is 2.69. The van der Waals surface area contributed by atoms with Crippen molar-refractivity contribution in [2.75, 3.05) is 5.32 Å². The second-order valence-corrected chi connectivity index (χ2v) is 6.95. The van der Waals surface area contributed by atoms with Crippen molar-refractivity contribution in [3.05, 3.63) is 78.3 Å². The average Bonchev–Trinajstić information content (AvgIpc) is 3.34. The highest BCUT2D eigenvalue weighted by atomic mass is 32.1. The Kier molecular flexibility index (Phi) is 4.52. The number of rotatable bonds is 4. The molecule has 0 atom stereocenters. The van der Waals surface area contributed by atoms with Crippen LogP contribution in [-0.2, 0) is 0 Å². The molecule has 27 heavy (non-hydrogen) atoms. The standard InChI is InChI=1S/C20H14FN3O2S/c1-12-2-3-13(17-10-23-11-26-17)8-15(12)18-4-5-19(27-18)24-20(25)14-6-7-22-9-16(14)21/h2-11H,1H3,(H,24,25). The van der Waals surface area contributed by atoms with Gasteiger partial charge in [-0.2, -0.15) is 0 Å². The summed E-state index contributed by atoms with van der Waals surface area (Å²) in [5.41, 5.74) is 3.01. The zero-order chi connectivity index (χ0) is 18.8. The molecule has 4 rings (SSSR count). The van der Waals surface area contributed by atoms with Crippen molar-refractivity contribution in [2.45, 2.75) is 6.92 Å². The number of benzene rings is 1. The number of carbonyl (C=O) groups is 1. The number of amides is 1. The Morgan fingerprint density at radius 1 is 1.15 bits per heavy atom. The molecule has 0 saturated heterocycles. The molecular weight excluding hydrogens is 365 g/mol. The Morgan fingerprint density at radius 3 is 2.81 bits per heavy atom. The molecule has 1 amide bonds. The van der Waals surface area contributed by atoms with Crippen LogP contribution in [0.5, 0.6) is 0 Å². The molecule has 1 N–H and O–H groups in total. The zero-order valence-electron chi connectivity index (χ0n) is 14.3. The van der Waals surface area contributed by atoms with Crippen LogP contribution in [0.4, 0.5) is 9.39 Å². The maximum Gasteiger partial charge on any atom is 0.259 e. The van der Waals surface area contributed by atoms with E-state index in [1.807, 2.05) is 31.2 Å². The van der Waals surface area contributed by atoms with Crippen molar-refractivity contribution in [3.8, 4) is 21.8 Å². The summed E-state index contributed by atoms with van der Waals surface area (Å²) < 4.78 is 19.1. The molecule has 4 aromatic rings. The summed E-state index contributed by atoms with van der Waals surface area (Å²) in [5.74, 6) is -0.465. The lowest BCUT2D eigenvalue weighted by molar-refractivity contribution is 0.102. The molecule has 0 radical (unpaired) electrons. The van der Waals surface area contributed by atoms with Gasteiger partial charge in [-0.05, 0) is 42.3 Å². The number of hydrogen-bond acceptors (Lipinski definition) is 5. The summed E-state index contributed by atoms with van der Waals surface area (Å²) in [6.07, 6.45) is 5.47. The van der Waals surface area contributed by atoms with Gasteiger partial charge >= 0.3 is 0 Å². The molecule has 0 saturated carbocycles. The molecule has 0 aliphatic rings. The molecule has 0 fully saturated rings. The van der Waals surface area contributed by atoms with Gasteiger partial charge in [0, 0.05) is 16.6 Å². The monoisotopic (exact) mass is 379 g/mol. The lowest BCUT2D eigenvalue weighted by Crippen LogP contribution is -2.12. The number of halogens is 1. The lowest BCUT2D eigenvalue weighted by Gasteiger charge is -2.06. The van der Waals surface area contributed by atoms with E-state index in [9.17, 15) is 9.18 Å². The number of oxazole rings is 1. The predicted molar refractivity (Wildman–Crippen MR) is 102 cm³/mol. The number of aromatic nitrogens is 2. The predicted octanol–water partition coefficient (Wildman–Crippen LogP) is 5.16. The van der Waals surface area contributed by atoms with Gasteiger partial charge in [0.1, 0.15) is 0 Å². The average molecular weight is 379 g/mol. The molecule has 0 aliphatic heterocycles. The van der Waals surface area contributed by atoms with Gasteiger partial charge in [0.05, 0.1) is 23.0 Å². The van der Waals surface area contributed by atoms with Crippen molar-refractivity contribution in [1.82, 2.24) is 9.97 Å². The smallest absolute Gasteiger partial charge is 0.259 e. The van der Waals surface area contributed by atoms with E-state index in [1.54, 1.807) is 12.3 Å². The number of nitrogens with one attached hydrogen (secondary N) is 1. The van der Waals surface area contributed by atoms with Crippen molar-refractivity contribution in [2.24, 2.45) is 0 Å². The number of thiophene rings is 1. The SMILES string of the molecule is Cc1ccc(-c2cnco2)cc1-c1ccc(NC(=O)c2ccncc2F)s1. The van der Waals surface area contributed by atoms with Gasteiger partial charge in [0.2, 0.25) is 0 Å². The molecule has 0 spiro atoms. The van der Waals surface area contributed by atoms with Crippen LogP contribution in [0.1, 0.15) is 15.9 Å². The first kappa shape index (κ1) is 17.1. The number of hydrogen-bond donors (Lipinski definition) is 1. The zero-order valence-corrected chi connectivity index (χ0v) is 15.1. The summed E-state index contributed by atoms with van der Waals surface area (Å²) in [6.45, 7) is 2.02. The molecule has 0 unspecified atom stereocenters. The summed E-state index contributed by atoms with van der Waals surface area (Å²) >= 11 is 1.42. The summed E-state index contributed by atoms with van der Waals surface area (Å²) in [6, 6.07) is 11.1. The lowest BCUT2D eigenvalue weighted by atomic mass is 10.0. The summed E-state index contributed by atoms with van der Waals surface area (Å²) in [4.78, 5) is 20.9. The maximum absolute atomic E-state index is 13.7. The highest BCUT2D eigenvalue weighted by Gasteiger charge is 2.14. The number of nitrogens with zero attached hydrogens (tertiary/aromatic N) is 2. The number of carbonyl (C=O) groups excluding carboxylic acids is 1. The molecule has 1 aromatic carbocycles. The van der Waals surface area contributed by atoms with E-state index < -0.39 is 11.7 Å². The Balaban J connectivity index is 1.60. The van der Waals surface area contributed by atoms with Crippen LogP contribution in [0.3, 0.4) is 0 Å². The Bertz CT molecular complexity index is 1110. The van der Waals surface area contributed by atoms with Crippen molar-refractivity contribution >= 4 is 22.2 Å². The van der Waals surface area contributed by atoms with Crippen LogP contribution < -0.4 is 5.32 Å². The number of pyridine rings is 1. The van der Waals surface area contributed by atoms with Gasteiger partial charge in [-0.15, -0.1) is 11.3 Å². The fourth-order valence-corrected chi connectivity index (χ4v) is 3.67. The topological polar surface area (TPSA) is 68.0 Å². The van der Waals surface area contributed by atoms with E-state index >= 15 is 0 Å². The van der Waals surface area contributed by atoms with E-state index in [2.05, 4.69) is 15.3 Å². The molecule has 3 aromatic heterocycles. The quantitative estimate of drug-likeness (QED) is 0.531. The minimum absolute atomic E-state index is 0.0385. The third-order valence-electron chi connectivity index (χ3n) is 4.08. The molecular formula is C20H14FN3O2S. The van der Waals surface area contributed by atoms with E-state index in [0.29, 0.717) is 10.8 Å². The van der Waals surface area contributed by atoms with Crippen molar-refractivity contribution in [3.63, 3.8) is 0 Å². The summed E-state index contributed by atoms with van der Waals surface area (Å²) in [7, 11) is 0. The molecule has 134 valence electrons. The van der Waals surface area contributed by atoms with Crippen molar-refractivity contribution < 1.29 is 13.6 Å².